The molecule has 15 nitrogen and oxygen atoms in total. The van der Waals surface area contributed by atoms with Crippen LogP contribution in [0.15, 0.2) is 12.7 Å². The van der Waals surface area contributed by atoms with Crippen molar-refractivity contribution in [3.8, 4) is 0 Å². The van der Waals surface area contributed by atoms with Crippen molar-refractivity contribution in [3.63, 3.8) is 0 Å². The summed E-state index contributed by atoms with van der Waals surface area (Å²) in [6.45, 7) is -0.771. The van der Waals surface area contributed by atoms with Gasteiger partial charge in [0.1, 0.15) is 30.2 Å². The SMILES string of the molecule is Nc1ncnc2c1ncn2[C@H]1O[C@@H](COP(=O)(O)O)[C@@H](O)[C@H]1OP(=O)(O)O. The summed E-state index contributed by atoms with van der Waals surface area (Å²) in [5, 5.41) is 10.3. The van der Waals surface area contributed by atoms with E-state index in [1.807, 2.05) is 0 Å². The van der Waals surface area contributed by atoms with Crippen molar-refractivity contribution in [1.82, 2.24) is 19.5 Å². The molecule has 0 aliphatic carbocycles. The molecule has 7 N–H and O–H groups in total. The number of nitrogens with two attached hydrogens (primary N) is 1. The fraction of sp³-hybridized carbons (Fsp3) is 0.500. The average molecular weight is 427 g/mol. The molecule has 1 aliphatic heterocycles. The Morgan fingerprint density at radius 2 is 1.89 bits per heavy atom. The van der Waals surface area contributed by atoms with Gasteiger partial charge in [0, 0.05) is 0 Å². The standard InChI is InChI=1S/C10H15N5O10P2/c11-8-5-9(13-2-12-8)15(3-14-5)10-7(25-27(20,21)22)6(16)4(24-10)1-23-26(17,18)19/h2-4,6-7,10,16H,1H2,(H2,11,12,13)(H2,17,18,19)(H2,20,21,22)/t4-,6+,7+,10-/m0/s1. The number of aliphatic hydroxyl groups excluding tert-OH is 1. The van der Waals surface area contributed by atoms with Crippen molar-refractivity contribution in [1.29, 1.82) is 0 Å². The van der Waals surface area contributed by atoms with E-state index in [9.17, 15) is 14.2 Å². The van der Waals surface area contributed by atoms with Crippen molar-refractivity contribution in [3.05, 3.63) is 12.7 Å². The summed E-state index contributed by atoms with van der Waals surface area (Å²) in [4.78, 5) is 47.5. The summed E-state index contributed by atoms with van der Waals surface area (Å²) in [6.07, 6.45) is -3.78. The van der Waals surface area contributed by atoms with E-state index in [-0.39, 0.29) is 17.0 Å². The molecule has 17 heteroatoms. The highest BCUT2D eigenvalue weighted by Crippen LogP contribution is 2.46. The van der Waals surface area contributed by atoms with E-state index < -0.39 is 46.8 Å². The van der Waals surface area contributed by atoms with Gasteiger partial charge in [-0.25, -0.2) is 24.1 Å². The second-order valence-corrected chi connectivity index (χ2v) is 7.92. The van der Waals surface area contributed by atoms with Crippen LogP contribution in [0, 0.1) is 0 Å². The van der Waals surface area contributed by atoms with Crippen LogP contribution < -0.4 is 5.73 Å². The van der Waals surface area contributed by atoms with Crippen LogP contribution in [0.25, 0.3) is 11.2 Å². The summed E-state index contributed by atoms with van der Waals surface area (Å²) in [6, 6.07) is 0. The van der Waals surface area contributed by atoms with Crippen molar-refractivity contribution in [2.75, 3.05) is 12.3 Å². The van der Waals surface area contributed by atoms with E-state index in [1.54, 1.807) is 0 Å². The Labute approximate surface area is 150 Å². The zero-order valence-electron chi connectivity index (χ0n) is 13.2. The summed E-state index contributed by atoms with van der Waals surface area (Å²) in [7, 11) is -9.94. The Balaban J connectivity index is 1.95. The van der Waals surface area contributed by atoms with Gasteiger partial charge in [-0.3, -0.25) is 13.6 Å². The molecule has 2 aromatic rings. The second kappa shape index (κ2) is 7.14. The van der Waals surface area contributed by atoms with Crippen LogP contribution in [-0.2, 0) is 22.9 Å². The summed E-state index contributed by atoms with van der Waals surface area (Å²) in [5.41, 5.74) is 5.96. The maximum absolute atomic E-state index is 11.3. The predicted octanol–water partition coefficient (Wildman–Crippen LogP) is -1.75. The Morgan fingerprint density at radius 1 is 1.19 bits per heavy atom. The van der Waals surface area contributed by atoms with Crippen molar-refractivity contribution >= 4 is 32.6 Å². The van der Waals surface area contributed by atoms with Gasteiger partial charge in [0.15, 0.2) is 17.7 Å². The van der Waals surface area contributed by atoms with Crippen molar-refractivity contribution < 1.29 is 47.6 Å². The molecule has 1 fully saturated rings. The molecule has 2 aromatic heterocycles. The highest BCUT2D eigenvalue weighted by molar-refractivity contribution is 7.46. The summed E-state index contributed by atoms with van der Waals surface area (Å²) < 4.78 is 37.7. The highest BCUT2D eigenvalue weighted by atomic mass is 31.2. The largest absolute Gasteiger partial charge is 0.470 e. The maximum Gasteiger partial charge on any atom is 0.470 e. The van der Waals surface area contributed by atoms with Gasteiger partial charge < -0.3 is 35.2 Å². The molecule has 1 saturated heterocycles. The third-order valence-corrected chi connectivity index (χ3v) is 4.64. The number of anilines is 1. The van der Waals surface area contributed by atoms with Crippen LogP contribution in [0.4, 0.5) is 5.82 Å². The lowest BCUT2D eigenvalue weighted by molar-refractivity contribution is -0.0498. The normalized spacial score (nSPS) is 26.7. The third kappa shape index (κ3) is 4.50. The van der Waals surface area contributed by atoms with Crippen LogP contribution in [0.5, 0.6) is 0 Å². The van der Waals surface area contributed by atoms with Gasteiger partial charge in [-0.15, -0.1) is 0 Å². The number of imidazole rings is 1. The topological polar surface area (TPSA) is 233 Å². The number of aromatic nitrogens is 4. The number of hydrogen-bond donors (Lipinski definition) is 6. The second-order valence-electron chi connectivity index (χ2n) is 5.49. The van der Waals surface area contributed by atoms with Gasteiger partial charge in [-0.1, -0.05) is 0 Å². The molecule has 0 aromatic carbocycles. The van der Waals surface area contributed by atoms with E-state index in [4.69, 9.17) is 30.0 Å². The maximum atomic E-state index is 11.3. The lowest BCUT2D eigenvalue weighted by atomic mass is 10.1. The van der Waals surface area contributed by atoms with Crippen LogP contribution in [0.3, 0.4) is 0 Å². The van der Waals surface area contributed by atoms with Crippen molar-refractivity contribution in [2.45, 2.75) is 24.5 Å². The number of phosphoric acid groups is 2. The van der Waals surface area contributed by atoms with Gasteiger partial charge in [0.05, 0.1) is 12.9 Å². The van der Waals surface area contributed by atoms with Gasteiger partial charge in [0.2, 0.25) is 0 Å². The Morgan fingerprint density at radius 3 is 2.52 bits per heavy atom. The lowest BCUT2D eigenvalue weighted by Crippen LogP contribution is -2.35. The number of nitrogens with zero attached hydrogens (tertiary/aromatic N) is 4. The molecule has 4 atom stereocenters. The molecular formula is C10H15N5O10P2. The molecule has 0 spiro atoms. The molecule has 0 unspecified atom stereocenters. The fourth-order valence-electron chi connectivity index (χ4n) is 2.58. The van der Waals surface area contributed by atoms with E-state index in [2.05, 4.69) is 24.0 Å². The summed E-state index contributed by atoms with van der Waals surface area (Å²) >= 11 is 0. The molecular weight excluding hydrogens is 412 g/mol. The van der Waals surface area contributed by atoms with Crippen LogP contribution in [0.1, 0.15) is 6.23 Å². The lowest BCUT2D eigenvalue weighted by Gasteiger charge is -2.22. The fourth-order valence-corrected chi connectivity index (χ4v) is 3.47. The van der Waals surface area contributed by atoms with Crippen LogP contribution in [-0.4, -0.2) is 69.1 Å². The minimum absolute atomic E-state index is 0.0335. The van der Waals surface area contributed by atoms with Crippen LogP contribution in [0.2, 0.25) is 0 Å². The minimum Gasteiger partial charge on any atom is -0.387 e. The van der Waals surface area contributed by atoms with E-state index in [1.165, 1.54) is 10.9 Å². The van der Waals surface area contributed by atoms with Gasteiger partial charge in [-0.05, 0) is 0 Å². The number of ether oxygens (including phenoxy) is 1. The van der Waals surface area contributed by atoms with E-state index in [0.29, 0.717) is 0 Å². The monoisotopic (exact) mass is 427 g/mol. The van der Waals surface area contributed by atoms with Gasteiger partial charge in [0.25, 0.3) is 0 Å². The average Bonchev–Trinajstić information content (AvgIpc) is 3.07. The molecule has 0 bridgehead atoms. The zero-order chi connectivity index (χ0) is 20.0. The summed E-state index contributed by atoms with van der Waals surface area (Å²) in [5.74, 6) is 0.0335. The predicted molar refractivity (Wildman–Crippen MR) is 84.6 cm³/mol. The van der Waals surface area contributed by atoms with Gasteiger partial charge in [-0.2, -0.15) is 0 Å². The smallest absolute Gasteiger partial charge is 0.387 e. The first kappa shape index (κ1) is 20.2. The molecule has 0 amide bonds. The van der Waals surface area contributed by atoms with Crippen LogP contribution >= 0.6 is 15.6 Å². The molecule has 27 heavy (non-hydrogen) atoms. The zero-order valence-corrected chi connectivity index (χ0v) is 15.0. The molecule has 3 rings (SSSR count). The number of hydrogen-bond acceptors (Lipinski definition) is 10. The first-order valence-electron chi connectivity index (χ1n) is 7.17. The first-order valence-corrected chi connectivity index (χ1v) is 10.2. The molecule has 150 valence electrons. The quantitative estimate of drug-likeness (QED) is 0.281. The minimum atomic E-state index is -5.06. The number of nitrogen functional groups attached to an aromatic ring is 1. The highest BCUT2D eigenvalue weighted by Gasteiger charge is 2.49. The number of rotatable bonds is 6. The van der Waals surface area contributed by atoms with E-state index >= 15 is 0 Å². The van der Waals surface area contributed by atoms with Gasteiger partial charge >= 0.3 is 15.6 Å². The first-order chi connectivity index (χ1) is 12.5. The molecule has 0 saturated carbocycles. The van der Waals surface area contributed by atoms with Crippen molar-refractivity contribution in [2.24, 2.45) is 0 Å². The molecule has 3 heterocycles. The Bertz CT molecular complexity index is 926. The number of phosphoric ester groups is 2. The van der Waals surface area contributed by atoms with E-state index in [0.717, 1.165) is 6.33 Å². The molecule has 0 radical (unpaired) electrons. The Hall–Kier alpha value is -1.51. The molecule has 1 aliphatic rings. The number of aliphatic hydroxyl groups is 1. The Kier molecular flexibility index (Phi) is 5.35. The number of fused-ring (bicyclic) bond motifs is 1. The third-order valence-electron chi connectivity index (χ3n) is 3.64.